The van der Waals surface area contributed by atoms with E-state index in [0.717, 1.165) is 25.7 Å². The van der Waals surface area contributed by atoms with Crippen molar-refractivity contribution >= 4 is 23.5 Å². The highest BCUT2D eigenvalue weighted by Gasteiger charge is 2.33. The zero-order valence-corrected chi connectivity index (χ0v) is 16.9. The highest BCUT2D eigenvalue weighted by atomic mass is 16.6. The molecule has 1 aliphatic rings. The average molecular weight is 405 g/mol. The van der Waals surface area contributed by atoms with E-state index in [9.17, 15) is 24.5 Å². The van der Waals surface area contributed by atoms with Gasteiger partial charge in [-0.15, -0.1) is 0 Å². The van der Waals surface area contributed by atoms with Crippen LogP contribution in [0.2, 0.25) is 0 Å². The van der Waals surface area contributed by atoms with Gasteiger partial charge in [-0.2, -0.15) is 0 Å². The van der Waals surface area contributed by atoms with E-state index in [4.69, 9.17) is 4.74 Å². The van der Waals surface area contributed by atoms with Crippen LogP contribution < -0.4 is 10.9 Å². The van der Waals surface area contributed by atoms with Crippen LogP contribution in [-0.2, 0) is 14.3 Å². The second kappa shape index (κ2) is 9.49. The molecule has 1 aromatic carbocycles. The standard InChI is InChI=1S/C20H27N3O6/c1-20(2,3)15-8-4-14(5-9-15)19(26)29-12-17(24)21-22-18(25)13-6-10-16(11-7-13)23(27)28/h6-7,10-11,14-15H,4-5,8-9,12H2,1-3H3,(H,21,24)(H,22,25). The van der Waals surface area contributed by atoms with E-state index >= 15 is 0 Å². The summed E-state index contributed by atoms with van der Waals surface area (Å²) >= 11 is 0. The summed E-state index contributed by atoms with van der Waals surface area (Å²) in [5.74, 6) is -1.33. The molecule has 0 unspecified atom stereocenters. The molecule has 1 fully saturated rings. The van der Waals surface area contributed by atoms with Crippen molar-refractivity contribution in [3.05, 3.63) is 39.9 Å². The number of nitrogens with one attached hydrogen (secondary N) is 2. The third-order valence-electron chi connectivity index (χ3n) is 5.29. The number of non-ortho nitro benzene ring substituents is 1. The summed E-state index contributed by atoms with van der Waals surface area (Å²) in [6.07, 6.45) is 3.42. The number of hydrogen-bond acceptors (Lipinski definition) is 6. The number of carbonyl (C=O) groups excluding carboxylic acids is 3. The van der Waals surface area contributed by atoms with Crippen LogP contribution in [0.25, 0.3) is 0 Å². The first-order valence-electron chi connectivity index (χ1n) is 9.58. The number of esters is 1. The van der Waals surface area contributed by atoms with Gasteiger partial charge < -0.3 is 4.74 Å². The first-order valence-corrected chi connectivity index (χ1v) is 9.58. The molecule has 2 amide bonds. The average Bonchev–Trinajstić information content (AvgIpc) is 2.69. The van der Waals surface area contributed by atoms with Crippen molar-refractivity contribution in [1.82, 2.24) is 10.9 Å². The van der Waals surface area contributed by atoms with Crippen LogP contribution in [0.3, 0.4) is 0 Å². The van der Waals surface area contributed by atoms with Gasteiger partial charge in [0.2, 0.25) is 0 Å². The summed E-state index contributed by atoms with van der Waals surface area (Å²) < 4.78 is 5.07. The Morgan fingerprint density at radius 3 is 2.17 bits per heavy atom. The predicted molar refractivity (Wildman–Crippen MR) is 105 cm³/mol. The topological polar surface area (TPSA) is 128 Å². The molecular weight excluding hydrogens is 378 g/mol. The maximum absolute atomic E-state index is 12.2. The van der Waals surface area contributed by atoms with Gasteiger partial charge >= 0.3 is 5.97 Å². The van der Waals surface area contributed by atoms with Gasteiger partial charge in [0.1, 0.15) is 0 Å². The molecule has 1 aliphatic carbocycles. The van der Waals surface area contributed by atoms with E-state index in [1.165, 1.54) is 24.3 Å². The molecule has 1 saturated carbocycles. The molecule has 9 heteroatoms. The Morgan fingerprint density at radius 1 is 1.07 bits per heavy atom. The molecule has 0 heterocycles. The van der Waals surface area contributed by atoms with E-state index in [2.05, 4.69) is 31.6 Å². The lowest BCUT2D eigenvalue weighted by atomic mass is 9.70. The molecule has 2 N–H and O–H groups in total. The van der Waals surface area contributed by atoms with Crippen LogP contribution in [-0.4, -0.2) is 29.3 Å². The van der Waals surface area contributed by atoms with Gasteiger partial charge in [-0.3, -0.25) is 35.3 Å². The number of ether oxygens (including phenoxy) is 1. The molecule has 0 saturated heterocycles. The second-order valence-corrected chi connectivity index (χ2v) is 8.33. The molecule has 29 heavy (non-hydrogen) atoms. The third kappa shape index (κ3) is 6.55. The van der Waals surface area contributed by atoms with Crippen LogP contribution in [0.5, 0.6) is 0 Å². The Labute approximate surface area is 169 Å². The van der Waals surface area contributed by atoms with Crippen molar-refractivity contribution in [2.75, 3.05) is 6.61 Å². The monoisotopic (exact) mass is 405 g/mol. The van der Waals surface area contributed by atoms with Crippen LogP contribution >= 0.6 is 0 Å². The summed E-state index contributed by atoms with van der Waals surface area (Å²) in [4.78, 5) is 45.9. The minimum absolute atomic E-state index is 0.142. The number of rotatable bonds is 5. The van der Waals surface area contributed by atoms with Crippen molar-refractivity contribution in [2.24, 2.45) is 17.3 Å². The molecule has 0 bridgehead atoms. The highest BCUT2D eigenvalue weighted by Crippen LogP contribution is 2.40. The fourth-order valence-corrected chi connectivity index (χ4v) is 3.42. The zero-order chi connectivity index (χ0) is 21.6. The number of nitro groups is 1. The molecule has 0 radical (unpaired) electrons. The number of amides is 2. The fourth-order valence-electron chi connectivity index (χ4n) is 3.42. The third-order valence-corrected chi connectivity index (χ3v) is 5.29. The second-order valence-electron chi connectivity index (χ2n) is 8.33. The number of nitrogens with zero attached hydrogens (tertiary/aromatic N) is 1. The lowest BCUT2D eigenvalue weighted by molar-refractivity contribution is -0.384. The van der Waals surface area contributed by atoms with Gasteiger partial charge in [-0.25, -0.2) is 0 Å². The molecule has 1 aromatic rings. The Balaban J connectivity index is 1.71. The van der Waals surface area contributed by atoms with Gasteiger partial charge in [-0.05, 0) is 49.1 Å². The van der Waals surface area contributed by atoms with E-state index in [1.807, 2.05) is 0 Å². The molecule has 0 spiro atoms. The predicted octanol–water partition coefficient (Wildman–Crippen LogP) is 2.75. The highest BCUT2D eigenvalue weighted by molar-refractivity contribution is 5.95. The molecule has 0 aromatic heterocycles. The number of hydrazine groups is 1. The number of carbonyl (C=O) groups is 3. The minimum atomic E-state index is -0.669. The minimum Gasteiger partial charge on any atom is -0.455 e. The summed E-state index contributed by atoms with van der Waals surface area (Å²) in [6, 6.07) is 4.92. The van der Waals surface area contributed by atoms with Crippen molar-refractivity contribution < 1.29 is 24.0 Å². The Bertz CT molecular complexity index is 761. The van der Waals surface area contributed by atoms with Gasteiger partial charge in [0.05, 0.1) is 10.8 Å². The van der Waals surface area contributed by atoms with Crippen molar-refractivity contribution in [2.45, 2.75) is 46.5 Å². The van der Waals surface area contributed by atoms with Crippen LogP contribution in [0.1, 0.15) is 56.8 Å². The SMILES string of the molecule is CC(C)(C)C1CCC(C(=O)OCC(=O)NNC(=O)c2ccc([N+](=O)[O-])cc2)CC1. The van der Waals surface area contributed by atoms with Crippen molar-refractivity contribution in [3.8, 4) is 0 Å². The molecule has 158 valence electrons. The summed E-state index contributed by atoms with van der Waals surface area (Å²) in [5.41, 5.74) is 4.54. The van der Waals surface area contributed by atoms with Gasteiger partial charge in [0.25, 0.3) is 17.5 Å². The lowest BCUT2D eigenvalue weighted by Crippen LogP contribution is -2.44. The van der Waals surface area contributed by atoms with Crippen LogP contribution in [0.15, 0.2) is 24.3 Å². The van der Waals surface area contributed by atoms with Crippen molar-refractivity contribution in [1.29, 1.82) is 0 Å². The quantitative estimate of drug-likeness (QED) is 0.440. The van der Waals surface area contributed by atoms with Crippen LogP contribution in [0, 0.1) is 27.4 Å². The zero-order valence-electron chi connectivity index (χ0n) is 16.9. The smallest absolute Gasteiger partial charge is 0.309 e. The molecule has 9 nitrogen and oxygen atoms in total. The van der Waals surface area contributed by atoms with Crippen molar-refractivity contribution in [3.63, 3.8) is 0 Å². The molecule has 0 aliphatic heterocycles. The maximum atomic E-state index is 12.2. The first-order chi connectivity index (χ1) is 13.6. The van der Waals surface area contributed by atoms with E-state index in [-0.39, 0.29) is 22.6 Å². The lowest BCUT2D eigenvalue weighted by Gasteiger charge is -2.36. The summed E-state index contributed by atoms with van der Waals surface area (Å²) in [7, 11) is 0. The molecule has 2 rings (SSSR count). The van der Waals surface area contributed by atoms with E-state index in [1.54, 1.807) is 0 Å². The summed E-state index contributed by atoms with van der Waals surface area (Å²) in [6.45, 7) is 6.11. The number of benzene rings is 1. The molecular formula is C20H27N3O6. The largest absolute Gasteiger partial charge is 0.455 e. The van der Waals surface area contributed by atoms with Gasteiger partial charge in [0.15, 0.2) is 6.61 Å². The van der Waals surface area contributed by atoms with E-state index < -0.39 is 29.3 Å². The number of nitro benzene ring substituents is 1. The normalized spacial score (nSPS) is 19.1. The van der Waals surface area contributed by atoms with E-state index in [0.29, 0.717) is 5.92 Å². The maximum Gasteiger partial charge on any atom is 0.309 e. The number of hydrogen-bond donors (Lipinski definition) is 2. The van der Waals surface area contributed by atoms with Crippen LogP contribution in [0.4, 0.5) is 5.69 Å². The Hall–Kier alpha value is -2.97. The summed E-state index contributed by atoms with van der Waals surface area (Å²) in [5, 5.41) is 10.6. The fraction of sp³-hybridized carbons (Fsp3) is 0.550. The Morgan fingerprint density at radius 2 is 1.66 bits per heavy atom. The molecule has 0 atom stereocenters. The van der Waals surface area contributed by atoms with Gasteiger partial charge in [0, 0.05) is 17.7 Å². The van der Waals surface area contributed by atoms with Gasteiger partial charge in [-0.1, -0.05) is 20.8 Å². The first kappa shape index (κ1) is 22.3. The Kier molecular flexibility index (Phi) is 7.30.